The van der Waals surface area contributed by atoms with Crippen LogP contribution in [0.1, 0.15) is 5.76 Å². The lowest BCUT2D eigenvalue weighted by molar-refractivity contribution is 0.381. The van der Waals surface area contributed by atoms with E-state index in [-0.39, 0.29) is 5.76 Å². The smallest absolute Gasteiger partial charge is 0.200 e. The summed E-state index contributed by atoms with van der Waals surface area (Å²) in [7, 11) is 0. The summed E-state index contributed by atoms with van der Waals surface area (Å²) < 4.78 is 72.5. The number of hydrogen-bond donors (Lipinski definition) is 1. The van der Waals surface area contributed by atoms with E-state index in [0.717, 1.165) is 16.3 Å². The fraction of sp³-hybridized carbons (Fsp3) is 0. The van der Waals surface area contributed by atoms with Crippen LogP contribution in [0, 0.1) is 29.1 Å². The average Bonchev–Trinajstić information content (AvgIpc) is 3.10. The Labute approximate surface area is 152 Å². The molecule has 0 saturated carbocycles. The first kappa shape index (κ1) is 18.1. The minimum absolute atomic E-state index is 0.208. The van der Waals surface area contributed by atoms with Crippen molar-refractivity contribution in [1.29, 1.82) is 0 Å². The second kappa shape index (κ2) is 7.28. The van der Waals surface area contributed by atoms with E-state index >= 15 is 0 Å². The SMILES string of the molecule is Fc1c(F)c(F)c(N/N=C/c2ccc(-c3ccc(Br)cc3)o2)c(F)c1F. The van der Waals surface area contributed by atoms with E-state index in [1.165, 1.54) is 6.07 Å². The first-order valence-electron chi connectivity index (χ1n) is 7.04. The highest BCUT2D eigenvalue weighted by molar-refractivity contribution is 9.10. The molecule has 0 aliphatic heterocycles. The van der Waals surface area contributed by atoms with Gasteiger partial charge in [0.2, 0.25) is 5.82 Å². The van der Waals surface area contributed by atoms with Crippen LogP contribution in [0.25, 0.3) is 11.3 Å². The Bertz CT molecular complexity index is 957. The Morgan fingerprint density at radius 1 is 0.808 bits per heavy atom. The van der Waals surface area contributed by atoms with Gasteiger partial charge in [0.15, 0.2) is 23.3 Å². The molecule has 0 aliphatic rings. The van der Waals surface area contributed by atoms with Crippen LogP contribution in [0.5, 0.6) is 0 Å². The Balaban J connectivity index is 1.79. The maximum atomic E-state index is 13.5. The Morgan fingerprint density at radius 2 is 1.38 bits per heavy atom. The van der Waals surface area contributed by atoms with Gasteiger partial charge in [0.1, 0.15) is 17.2 Å². The number of nitrogens with one attached hydrogen (secondary N) is 1. The highest BCUT2D eigenvalue weighted by Gasteiger charge is 2.25. The predicted molar refractivity (Wildman–Crippen MR) is 89.3 cm³/mol. The maximum Gasteiger partial charge on any atom is 0.200 e. The highest BCUT2D eigenvalue weighted by atomic mass is 79.9. The van der Waals surface area contributed by atoms with Gasteiger partial charge in [0, 0.05) is 10.0 Å². The summed E-state index contributed by atoms with van der Waals surface area (Å²) in [5, 5.41) is 3.45. The zero-order valence-corrected chi connectivity index (χ0v) is 14.3. The van der Waals surface area contributed by atoms with Gasteiger partial charge in [-0.1, -0.05) is 28.1 Å². The molecule has 0 amide bonds. The Hall–Kier alpha value is -2.68. The van der Waals surface area contributed by atoms with E-state index in [0.29, 0.717) is 5.76 Å². The zero-order valence-electron chi connectivity index (χ0n) is 12.7. The fourth-order valence-electron chi connectivity index (χ4n) is 2.06. The third-order valence-electron chi connectivity index (χ3n) is 3.33. The van der Waals surface area contributed by atoms with E-state index in [1.54, 1.807) is 23.6 Å². The predicted octanol–water partition coefficient (Wildman–Crippen LogP) is 5.85. The van der Waals surface area contributed by atoms with E-state index in [1.807, 2.05) is 12.1 Å². The van der Waals surface area contributed by atoms with Crippen molar-refractivity contribution in [3.63, 3.8) is 0 Å². The van der Waals surface area contributed by atoms with Gasteiger partial charge in [0.05, 0.1) is 6.21 Å². The molecule has 0 saturated heterocycles. The number of hydrogen-bond acceptors (Lipinski definition) is 3. The first-order chi connectivity index (χ1) is 12.4. The van der Waals surface area contributed by atoms with Gasteiger partial charge < -0.3 is 4.42 Å². The van der Waals surface area contributed by atoms with E-state index in [9.17, 15) is 22.0 Å². The molecular weight excluding hydrogens is 423 g/mol. The van der Waals surface area contributed by atoms with Gasteiger partial charge in [-0.05, 0) is 24.3 Å². The molecule has 9 heteroatoms. The van der Waals surface area contributed by atoms with Gasteiger partial charge in [-0.25, -0.2) is 22.0 Å². The monoisotopic (exact) mass is 430 g/mol. The first-order valence-corrected chi connectivity index (χ1v) is 7.84. The molecule has 1 aromatic heterocycles. The second-order valence-corrected chi connectivity index (χ2v) is 5.94. The van der Waals surface area contributed by atoms with E-state index < -0.39 is 34.8 Å². The van der Waals surface area contributed by atoms with Crippen LogP contribution in [-0.2, 0) is 0 Å². The normalized spacial score (nSPS) is 11.3. The molecule has 1 heterocycles. The van der Waals surface area contributed by atoms with Gasteiger partial charge >= 0.3 is 0 Å². The Morgan fingerprint density at radius 3 is 2.00 bits per heavy atom. The summed E-state index contributed by atoms with van der Waals surface area (Å²) in [6.07, 6.45) is 1.04. The molecule has 134 valence electrons. The molecule has 1 N–H and O–H groups in total. The number of halogens is 6. The lowest BCUT2D eigenvalue weighted by Crippen LogP contribution is -2.06. The second-order valence-electron chi connectivity index (χ2n) is 5.02. The molecule has 0 unspecified atom stereocenters. The summed E-state index contributed by atoms with van der Waals surface area (Å²) in [5.74, 6) is -9.65. The molecule has 0 fully saturated rings. The molecule has 2 aromatic carbocycles. The molecule has 0 spiro atoms. The van der Waals surface area contributed by atoms with Crippen LogP contribution in [0.3, 0.4) is 0 Å². The maximum absolute atomic E-state index is 13.5. The van der Waals surface area contributed by atoms with Gasteiger partial charge in [-0.15, -0.1) is 0 Å². The summed E-state index contributed by atoms with van der Waals surface area (Å²) >= 11 is 3.31. The van der Waals surface area contributed by atoms with Crippen molar-refractivity contribution in [2.24, 2.45) is 5.10 Å². The largest absolute Gasteiger partial charge is 0.455 e. The van der Waals surface area contributed by atoms with Crippen molar-refractivity contribution < 1.29 is 26.4 Å². The molecule has 0 radical (unpaired) electrons. The van der Waals surface area contributed by atoms with E-state index in [2.05, 4.69) is 21.0 Å². The molecule has 26 heavy (non-hydrogen) atoms. The number of anilines is 1. The van der Waals surface area contributed by atoms with Gasteiger partial charge in [0.25, 0.3) is 0 Å². The minimum atomic E-state index is -2.24. The van der Waals surface area contributed by atoms with Crippen molar-refractivity contribution in [2.75, 3.05) is 5.43 Å². The summed E-state index contributed by atoms with van der Waals surface area (Å²) in [5.41, 5.74) is 1.33. The van der Waals surface area contributed by atoms with Crippen molar-refractivity contribution in [1.82, 2.24) is 0 Å². The lowest BCUT2D eigenvalue weighted by atomic mass is 10.2. The third kappa shape index (κ3) is 3.48. The van der Waals surface area contributed by atoms with Crippen LogP contribution < -0.4 is 5.43 Å². The zero-order chi connectivity index (χ0) is 18.8. The van der Waals surface area contributed by atoms with Crippen molar-refractivity contribution in [2.45, 2.75) is 0 Å². The number of benzene rings is 2. The highest BCUT2D eigenvalue weighted by Crippen LogP contribution is 2.27. The van der Waals surface area contributed by atoms with Crippen molar-refractivity contribution in [3.8, 4) is 11.3 Å². The quantitative estimate of drug-likeness (QED) is 0.185. The number of rotatable bonds is 4. The van der Waals surface area contributed by atoms with Crippen LogP contribution >= 0.6 is 15.9 Å². The average molecular weight is 431 g/mol. The van der Waals surface area contributed by atoms with Crippen LogP contribution in [-0.4, -0.2) is 6.21 Å². The molecular formula is C17H8BrF5N2O. The molecule has 0 atom stereocenters. The number of hydrazone groups is 1. The molecule has 3 rings (SSSR count). The number of furan rings is 1. The fourth-order valence-corrected chi connectivity index (χ4v) is 2.32. The standard InChI is InChI=1S/C17H8BrF5N2O/c18-9-3-1-8(2-4-9)11-6-5-10(26-11)7-24-25-17-15(22)13(20)12(19)14(21)16(17)23/h1-7,25H/b24-7+. The van der Waals surface area contributed by atoms with Gasteiger partial charge in [-0.2, -0.15) is 5.10 Å². The summed E-state index contributed by atoms with van der Waals surface area (Å²) in [6, 6.07) is 10.4. The molecule has 0 aliphatic carbocycles. The van der Waals surface area contributed by atoms with Crippen molar-refractivity contribution >= 4 is 27.8 Å². The minimum Gasteiger partial charge on any atom is -0.455 e. The van der Waals surface area contributed by atoms with Crippen LogP contribution in [0.2, 0.25) is 0 Å². The molecule has 3 aromatic rings. The van der Waals surface area contributed by atoms with Gasteiger partial charge in [-0.3, -0.25) is 5.43 Å². The van der Waals surface area contributed by atoms with Crippen LogP contribution in [0.15, 0.2) is 50.4 Å². The Kier molecular flexibility index (Phi) is 5.08. The summed E-state index contributed by atoms with van der Waals surface area (Å²) in [4.78, 5) is 0. The van der Waals surface area contributed by atoms with Crippen molar-refractivity contribution in [3.05, 3.63) is 75.7 Å². The lowest BCUT2D eigenvalue weighted by Gasteiger charge is -2.06. The van der Waals surface area contributed by atoms with Crippen LogP contribution in [0.4, 0.5) is 27.6 Å². The van der Waals surface area contributed by atoms with E-state index in [4.69, 9.17) is 4.42 Å². The summed E-state index contributed by atoms with van der Waals surface area (Å²) in [6.45, 7) is 0. The topological polar surface area (TPSA) is 37.5 Å². The molecule has 3 nitrogen and oxygen atoms in total. The molecule has 0 bridgehead atoms. The third-order valence-corrected chi connectivity index (χ3v) is 3.86. The number of nitrogens with zero attached hydrogens (tertiary/aromatic N) is 1.